The van der Waals surface area contributed by atoms with Gasteiger partial charge in [0, 0.05) is 5.56 Å². The quantitative estimate of drug-likeness (QED) is 0.903. The maximum atomic E-state index is 12.8. The Hall–Kier alpha value is -1.87. The van der Waals surface area contributed by atoms with Crippen molar-refractivity contribution < 1.29 is 21.6 Å². The van der Waals surface area contributed by atoms with E-state index < -0.39 is 21.8 Å². The highest BCUT2D eigenvalue weighted by Crippen LogP contribution is 2.36. The zero-order valence-corrected chi connectivity index (χ0v) is 13.5. The third kappa shape index (κ3) is 4.32. The van der Waals surface area contributed by atoms with Gasteiger partial charge in [-0.05, 0) is 30.7 Å². The number of halogens is 4. The minimum absolute atomic E-state index is 0.121. The lowest BCUT2D eigenvalue weighted by Crippen LogP contribution is -2.13. The van der Waals surface area contributed by atoms with Crippen LogP contribution in [0, 0.1) is 6.92 Å². The largest absolute Gasteiger partial charge is 0.416 e. The Kier molecular flexibility index (Phi) is 4.54. The maximum absolute atomic E-state index is 12.8. The van der Waals surface area contributed by atoms with Crippen LogP contribution in [-0.2, 0) is 16.2 Å². The first-order valence-electron chi connectivity index (χ1n) is 6.16. The zero-order valence-electron chi connectivity index (χ0n) is 11.9. The van der Waals surface area contributed by atoms with E-state index in [-0.39, 0.29) is 22.1 Å². The normalized spacial score (nSPS) is 12.3. The van der Waals surface area contributed by atoms with Gasteiger partial charge in [0.2, 0.25) is 10.0 Å². The van der Waals surface area contributed by atoms with Crippen molar-refractivity contribution in [3.05, 3.63) is 40.5 Å². The topological polar surface area (TPSA) is 72.0 Å². The van der Waals surface area contributed by atoms with Gasteiger partial charge in [0.25, 0.3) is 0 Å². The molecule has 5 nitrogen and oxygen atoms in total. The molecule has 0 spiro atoms. The second-order valence-electron chi connectivity index (χ2n) is 4.83. The number of benzene rings is 1. The van der Waals surface area contributed by atoms with Crippen LogP contribution in [0.5, 0.6) is 0 Å². The van der Waals surface area contributed by atoms with Gasteiger partial charge in [-0.3, -0.25) is 4.72 Å². The molecule has 2 rings (SSSR count). The average molecular weight is 366 g/mol. The second kappa shape index (κ2) is 5.97. The van der Waals surface area contributed by atoms with Gasteiger partial charge in [0.1, 0.15) is 0 Å². The molecule has 1 heterocycles. The Morgan fingerprint density at radius 1 is 1.17 bits per heavy atom. The van der Waals surface area contributed by atoms with Crippen molar-refractivity contribution in [2.75, 3.05) is 11.0 Å². The standard InChI is InChI=1S/C13H11ClF3N3O2S/c1-7-5-11(14)18-19-12(7)9-4-3-8(13(15,16)17)6-10(9)20-23(2,21)22/h3-6,20H,1-2H3. The van der Waals surface area contributed by atoms with E-state index in [1.165, 1.54) is 6.07 Å². The van der Waals surface area contributed by atoms with Gasteiger partial charge in [-0.1, -0.05) is 17.7 Å². The summed E-state index contributed by atoms with van der Waals surface area (Å²) in [7, 11) is -3.78. The number of hydrogen-bond donors (Lipinski definition) is 1. The Morgan fingerprint density at radius 3 is 2.35 bits per heavy atom. The molecule has 0 saturated heterocycles. The number of aryl methyl sites for hydroxylation is 1. The summed E-state index contributed by atoms with van der Waals surface area (Å²) in [4.78, 5) is 0. The molecular weight excluding hydrogens is 355 g/mol. The van der Waals surface area contributed by atoms with Crippen LogP contribution in [0.3, 0.4) is 0 Å². The fourth-order valence-corrected chi connectivity index (χ4v) is 2.70. The lowest BCUT2D eigenvalue weighted by molar-refractivity contribution is -0.137. The van der Waals surface area contributed by atoms with Crippen molar-refractivity contribution in [2.45, 2.75) is 13.1 Å². The lowest BCUT2D eigenvalue weighted by atomic mass is 10.0. The first-order valence-corrected chi connectivity index (χ1v) is 8.43. The van der Waals surface area contributed by atoms with Gasteiger partial charge in [0.15, 0.2) is 5.15 Å². The molecule has 1 N–H and O–H groups in total. The van der Waals surface area contributed by atoms with E-state index in [2.05, 4.69) is 14.9 Å². The molecule has 2 aromatic rings. The van der Waals surface area contributed by atoms with Crippen LogP contribution in [-0.4, -0.2) is 24.9 Å². The number of anilines is 1. The number of alkyl halides is 3. The molecule has 0 aliphatic heterocycles. The summed E-state index contributed by atoms with van der Waals surface area (Å²) in [5, 5.41) is 7.59. The fraction of sp³-hybridized carbons (Fsp3) is 0.231. The Bertz CT molecular complexity index is 854. The second-order valence-corrected chi connectivity index (χ2v) is 6.97. The summed E-state index contributed by atoms with van der Waals surface area (Å²) in [6.07, 6.45) is -3.76. The molecule has 0 fully saturated rings. The number of hydrogen-bond acceptors (Lipinski definition) is 4. The molecule has 10 heteroatoms. The molecule has 124 valence electrons. The molecule has 0 unspecified atom stereocenters. The molecule has 1 aromatic heterocycles. The highest BCUT2D eigenvalue weighted by Gasteiger charge is 2.31. The summed E-state index contributed by atoms with van der Waals surface area (Å²) in [5.41, 5.74) is -0.269. The van der Waals surface area contributed by atoms with Crippen molar-refractivity contribution in [3.8, 4) is 11.3 Å². The Labute approximate surface area is 135 Å². The number of nitrogens with one attached hydrogen (secondary N) is 1. The number of rotatable bonds is 3. The van der Waals surface area contributed by atoms with Crippen molar-refractivity contribution in [2.24, 2.45) is 0 Å². The molecule has 0 aliphatic rings. The Balaban J connectivity index is 2.67. The van der Waals surface area contributed by atoms with E-state index in [0.717, 1.165) is 18.4 Å². The van der Waals surface area contributed by atoms with Gasteiger partial charge in [-0.15, -0.1) is 10.2 Å². The van der Waals surface area contributed by atoms with Gasteiger partial charge in [-0.2, -0.15) is 13.2 Å². The number of sulfonamides is 1. The maximum Gasteiger partial charge on any atom is 0.416 e. The molecule has 0 saturated carbocycles. The SMILES string of the molecule is Cc1cc(Cl)nnc1-c1ccc(C(F)(F)F)cc1NS(C)(=O)=O. The minimum Gasteiger partial charge on any atom is -0.283 e. The van der Waals surface area contributed by atoms with Crippen molar-refractivity contribution >= 4 is 27.3 Å². The first-order chi connectivity index (χ1) is 10.5. The van der Waals surface area contributed by atoms with Crippen LogP contribution in [0.25, 0.3) is 11.3 Å². The van der Waals surface area contributed by atoms with Crippen molar-refractivity contribution in [3.63, 3.8) is 0 Å². The van der Waals surface area contributed by atoms with Crippen LogP contribution in [0.4, 0.5) is 18.9 Å². The molecular formula is C13H11ClF3N3O2S. The zero-order chi connectivity index (χ0) is 17.4. The van der Waals surface area contributed by atoms with Crippen LogP contribution in [0.2, 0.25) is 5.15 Å². The molecule has 0 atom stereocenters. The third-order valence-corrected chi connectivity index (χ3v) is 3.63. The van der Waals surface area contributed by atoms with Crippen LogP contribution in [0.1, 0.15) is 11.1 Å². The van der Waals surface area contributed by atoms with Crippen LogP contribution < -0.4 is 4.72 Å². The molecule has 0 aliphatic carbocycles. The van der Waals surface area contributed by atoms with Crippen molar-refractivity contribution in [1.29, 1.82) is 0 Å². The fourth-order valence-electron chi connectivity index (χ4n) is 1.93. The first kappa shape index (κ1) is 17.5. The monoisotopic (exact) mass is 365 g/mol. The third-order valence-electron chi connectivity index (χ3n) is 2.85. The summed E-state index contributed by atoms with van der Waals surface area (Å²) in [5.74, 6) is 0. The van der Waals surface area contributed by atoms with E-state index in [4.69, 9.17) is 11.6 Å². The minimum atomic E-state index is -4.60. The van der Waals surface area contributed by atoms with Gasteiger partial charge >= 0.3 is 6.18 Å². The summed E-state index contributed by atoms with van der Waals surface area (Å²) in [6.45, 7) is 1.64. The predicted octanol–water partition coefficient (Wildman–Crippen LogP) is 3.50. The van der Waals surface area contributed by atoms with Gasteiger partial charge < -0.3 is 0 Å². The summed E-state index contributed by atoms with van der Waals surface area (Å²) in [6, 6.07) is 4.18. The molecule has 0 radical (unpaired) electrons. The molecule has 0 amide bonds. The summed E-state index contributed by atoms with van der Waals surface area (Å²) >= 11 is 5.70. The van der Waals surface area contributed by atoms with E-state index in [1.54, 1.807) is 6.92 Å². The number of aromatic nitrogens is 2. The van der Waals surface area contributed by atoms with E-state index in [9.17, 15) is 21.6 Å². The molecule has 23 heavy (non-hydrogen) atoms. The van der Waals surface area contributed by atoms with E-state index in [0.29, 0.717) is 11.6 Å². The van der Waals surface area contributed by atoms with E-state index in [1.807, 2.05) is 0 Å². The lowest BCUT2D eigenvalue weighted by Gasteiger charge is -2.15. The molecule has 0 bridgehead atoms. The van der Waals surface area contributed by atoms with Crippen LogP contribution >= 0.6 is 11.6 Å². The Morgan fingerprint density at radius 2 is 1.83 bits per heavy atom. The van der Waals surface area contributed by atoms with E-state index >= 15 is 0 Å². The van der Waals surface area contributed by atoms with Crippen molar-refractivity contribution in [1.82, 2.24) is 10.2 Å². The average Bonchev–Trinajstić information content (AvgIpc) is 2.36. The highest BCUT2D eigenvalue weighted by molar-refractivity contribution is 7.92. The van der Waals surface area contributed by atoms with Gasteiger partial charge in [0.05, 0.1) is 23.2 Å². The number of nitrogens with zero attached hydrogens (tertiary/aromatic N) is 2. The smallest absolute Gasteiger partial charge is 0.283 e. The summed E-state index contributed by atoms with van der Waals surface area (Å²) < 4.78 is 63.5. The predicted molar refractivity (Wildman–Crippen MR) is 80.7 cm³/mol. The van der Waals surface area contributed by atoms with Crippen LogP contribution in [0.15, 0.2) is 24.3 Å². The van der Waals surface area contributed by atoms with Gasteiger partial charge in [-0.25, -0.2) is 8.42 Å². The molecule has 1 aromatic carbocycles. The highest BCUT2D eigenvalue weighted by atomic mass is 35.5.